The van der Waals surface area contributed by atoms with Crippen molar-refractivity contribution in [2.75, 3.05) is 19.6 Å². The number of carbonyl (C=O) groups excluding carboxylic acids is 1. The molecule has 0 aromatic carbocycles. The molecule has 0 atom stereocenters. The Morgan fingerprint density at radius 2 is 2.15 bits per heavy atom. The minimum atomic E-state index is -0.0708. The van der Waals surface area contributed by atoms with E-state index in [2.05, 4.69) is 52.5 Å². The van der Waals surface area contributed by atoms with Crippen LogP contribution in [0.4, 0.5) is 0 Å². The van der Waals surface area contributed by atoms with E-state index in [1.165, 1.54) is 5.56 Å². The van der Waals surface area contributed by atoms with E-state index in [1.807, 2.05) is 16.9 Å². The molecule has 7 heteroatoms. The molecule has 0 radical (unpaired) electrons. The summed E-state index contributed by atoms with van der Waals surface area (Å²) in [5.74, 6) is 0.273. The van der Waals surface area contributed by atoms with E-state index in [9.17, 15) is 4.79 Å². The van der Waals surface area contributed by atoms with Gasteiger partial charge in [0.2, 0.25) is 0 Å². The third kappa shape index (κ3) is 4.72. The van der Waals surface area contributed by atoms with Crippen LogP contribution in [-0.2, 0) is 13.0 Å². The van der Waals surface area contributed by atoms with E-state index in [-0.39, 0.29) is 11.9 Å². The van der Waals surface area contributed by atoms with Gasteiger partial charge in [-0.3, -0.25) is 14.6 Å². The standard InChI is InChI=1S/C19H30N6O/c1-4-25-13-15(12-20-25)5-8-24-9-6-16(7-10-24)21-19(26)18-11-17(14(2)3)22-23-18/h11-14,16H,4-10H2,1-3H3,(H,21,26)(H,22,23). The third-order valence-corrected chi connectivity index (χ3v) is 5.10. The van der Waals surface area contributed by atoms with Crippen LogP contribution in [0, 0.1) is 0 Å². The highest BCUT2D eigenvalue weighted by molar-refractivity contribution is 5.92. The number of aryl methyl sites for hydroxylation is 1. The lowest BCUT2D eigenvalue weighted by Gasteiger charge is -2.32. The number of hydrogen-bond donors (Lipinski definition) is 2. The quantitative estimate of drug-likeness (QED) is 0.795. The van der Waals surface area contributed by atoms with Gasteiger partial charge in [0.15, 0.2) is 0 Å². The number of aromatic nitrogens is 4. The van der Waals surface area contributed by atoms with Gasteiger partial charge < -0.3 is 10.2 Å². The van der Waals surface area contributed by atoms with Crippen LogP contribution >= 0.6 is 0 Å². The van der Waals surface area contributed by atoms with E-state index < -0.39 is 0 Å². The van der Waals surface area contributed by atoms with E-state index in [0.29, 0.717) is 11.6 Å². The zero-order chi connectivity index (χ0) is 18.5. The molecule has 2 aromatic heterocycles. The molecule has 0 saturated carbocycles. The second-order valence-electron chi connectivity index (χ2n) is 7.41. The highest BCUT2D eigenvalue weighted by atomic mass is 16.2. The second kappa shape index (κ2) is 8.49. The molecule has 3 heterocycles. The van der Waals surface area contributed by atoms with Gasteiger partial charge in [0, 0.05) is 44.1 Å². The van der Waals surface area contributed by atoms with Crippen LogP contribution in [0.15, 0.2) is 18.5 Å². The number of carbonyl (C=O) groups is 1. The van der Waals surface area contributed by atoms with Crippen molar-refractivity contribution in [1.29, 1.82) is 0 Å². The van der Waals surface area contributed by atoms with Crippen LogP contribution in [0.5, 0.6) is 0 Å². The molecule has 1 amide bonds. The molecule has 2 N–H and O–H groups in total. The molecule has 142 valence electrons. The molecule has 0 unspecified atom stereocenters. The summed E-state index contributed by atoms with van der Waals surface area (Å²) in [4.78, 5) is 14.8. The van der Waals surface area contributed by atoms with Crippen LogP contribution in [0.2, 0.25) is 0 Å². The molecule has 0 spiro atoms. The van der Waals surface area contributed by atoms with E-state index in [1.54, 1.807) is 0 Å². The number of aromatic amines is 1. The Hall–Kier alpha value is -2.15. The van der Waals surface area contributed by atoms with Crippen molar-refractivity contribution in [2.24, 2.45) is 0 Å². The number of piperidine rings is 1. The van der Waals surface area contributed by atoms with Crippen molar-refractivity contribution in [3.05, 3.63) is 35.4 Å². The minimum Gasteiger partial charge on any atom is -0.348 e. The van der Waals surface area contributed by atoms with Gasteiger partial charge in [0.25, 0.3) is 5.91 Å². The number of nitrogens with one attached hydrogen (secondary N) is 2. The average Bonchev–Trinajstić information content (AvgIpc) is 3.30. The Balaban J connectivity index is 1.41. The zero-order valence-corrected chi connectivity index (χ0v) is 16.0. The fraction of sp³-hybridized carbons (Fsp3) is 0.632. The highest BCUT2D eigenvalue weighted by Crippen LogP contribution is 2.14. The third-order valence-electron chi connectivity index (χ3n) is 5.10. The number of hydrogen-bond acceptors (Lipinski definition) is 4. The van der Waals surface area contributed by atoms with E-state index >= 15 is 0 Å². The Kier molecular flexibility index (Phi) is 6.08. The van der Waals surface area contributed by atoms with Crippen molar-refractivity contribution in [2.45, 2.75) is 58.5 Å². The van der Waals surface area contributed by atoms with Gasteiger partial charge in [-0.2, -0.15) is 10.2 Å². The molecule has 3 rings (SSSR count). The maximum absolute atomic E-state index is 12.4. The van der Waals surface area contributed by atoms with Gasteiger partial charge in [-0.1, -0.05) is 13.8 Å². The summed E-state index contributed by atoms with van der Waals surface area (Å²) >= 11 is 0. The van der Waals surface area contributed by atoms with Gasteiger partial charge >= 0.3 is 0 Å². The van der Waals surface area contributed by atoms with Crippen LogP contribution in [0.3, 0.4) is 0 Å². The van der Waals surface area contributed by atoms with Gasteiger partial charge in [0.1, 0.15) is 5.69 Å². The van der Waals surface area contributed by atoms with Crippen molar-refractivity contribution >= 4 is 5.91 Å². The van der Waals surface area contributed by atoms with Crippen molar-refractivity contribution in [1.82, 2.24) is 30.2 Å². The number of H-pyrrole nitrogens is 1. The molecule has 1 aliphatic rings. The van der Waals surface area contributed by atoms with Gasteiger partial charge in [0.05, 0.1) is 6.20 Å². The number of rotatable bonds is 7. The van der Waals surface area contributed by atoms with E-state index in [0.717, 1.165) is 51.1 Å². The largest absolute Gasteiger partial charge is 0.348 e. The summed E-state index contributed by atoms with van der Waals surface area (Å²) in [5.41, 5.74) is 2.78. The van der Waals surface area contributed by atoms with Crippen molar-refractivity contribution in [3.63, 3.8) is 0 Å². The summed E-state index contributed by atoms with van der Waals surface area (Å²) in [6, 6.07) is 2.09. The van der Waals surface area contributed by atoms with Gasteiger partial charge in [-0.25, -0.2) is 0 Å². The van der Waals surface area contributed by atoms with Gasteiger partial charge in [-0.15, -0.1) is 0 Å². The number of nitrogens with zero attached hydrogens (tertiary/aromatic N) is 4. The predicted octanol–water partition coefficient (Wildman–Crippen LogP) is 2.19. The number of amides is 1. The zero-order valence-electron chi connectivity index (χ0n) is 16.0. The van der Waals surface area contributed by atoms with Crippen molar-refractivity contribution in [3.8, 4) is 0 Å². The highest BCUT2D eigenvalue weighted by Gasteiger charge is 2.22. The minimum absolute atomic E-state index is 0.0708. The maximum atomic E-state index is 12.4. The number of likely N-dealkylation sites (tertiary alicyclic amines) is 1. The summed E-state index contributed by atoms with van der Waals surface area (Å²) < 4.78 is 1.97. The molecule has 2 aromatic rings. The lowest BCUT2D eigenvalue weighted by atomic mass is 10.0. The lowest BCUT2D eigenvalue weighted by Crippen LogP contribution is -2.45. The fourth-order valence-corrected chi connectivity index (χ4v) is 3.30. The molecule has 1 saturated heterocycles. The molecule has 0 aliphatic carbocycles. The molecule has 0 bridgehead atoms. The Morgan fingerprint density at radius 3 is 2.77 bits per heavy atom. The van der Waals surface area contributed by atoms with Crippen LogP contribution in [0.1, 0.15) is 61.3 Å². The summed E-state index contributed by atoms with van der Waals surface area (Å²) in [6.07, 6.45) is 7.10. The van der Waals surface area contributed by atoms with Crippen LogP contribution in [-0.4, -0.2) is 56.5 Å². The fourth-order valence-electron chi connectivity index (χ4n) is 3.30. The summed E-state index contributed by atoms with van der Waals surface area (Å²) in [6.45, 7) is 10.3. The first kappa shape index (κ1) is 18.6. The smallest absolute Gasteiger partial charge is 0.271 e. The lowest BCUT2D eigenvalue weighted by molar-refractivity contribution is 0.0906. The maximum Gasteiger partial charge on any atom is 0.271 e. The van der Waals surface area contributed by atoms with Crippen LogP contribution < -0.4 is 5.32 Å². The molecular formula is C19H30N6O. The predicted molar refractivity (Wildman–Crippen MR) is 101 cm³/mol. The second-order valence-corrected chi connectivity index (χ2v) is 7.41. The Labute approximate surface area is 155 Å². The van der Waals surface area contributed by atoms with Crippen LogP contribution in [0.25, 0.3) is 0 Å². The molecule has 26 heavy (non-hydrogen) atoms. The van der Waals surface area contributed by atoms with Crippen molar-refractivity contribution < 1.29 is 4.79 Å². The first-order valence-corrected chi connectivity index (χ1v) is 9.65. The molecule has 7 nitrogen and oxygen atoms in total. The average molecular weight is 358 g/mol. The summed E-state index contributed by atoms with van der Waals surface area (Å²) in [7, 11) is 0. The Morgan fingerprint density at radius 1 is 1.38 bits per heavy atom. The monoisotopic (exact) mass is 358 g/mol. The Bertz CT molecular complexity index is 711. The summed E-state index contributed by atoms with van der Waals surface area (Å²) in [5, 5.41) is 14.5. The SMILES string of the molecule is CCn1cc(CCN2CCC(NC(=O)c3cc(C(C)C)[nH]n3)CC2)cn1. The first-order valence-electron chi connectivity index (χ1n) is 9.65. The molecule has 1 aliphatic heterocycles. The first-order chi connectivity index (χ1) is 12.5. The molecular weight excluding hydrogens is 328 g/mol. The van der Waals surface area contributed by atoms with Gasteiger partial charge in [-0.05, 0) is 43.7 Å². The van der Waals surface area contributed by atoms with E-state index in [4.69, 9.17) is 0 Å². The normalized spacial score (nSPS) is 16.3. The molecule has 1 fully saturated rings. The topological polar surface area (TPSA) is 78.8 Å².